The largest absolute Gasteiger partial charge is 0.357 e. The second-order valence-electron chi connectivity index (χ2n) is 8.47. The maximum Gasteiger partial charge on any atom is 0.225 e. The minimum absolute atomic E-state index is 0.0880. The number of amides is 1. The lowest BCUT2D eigenvalue weighted by Gasteiger charge is -2.33. The Morgan fingerprint density at radius 1 is 1.12 bits per heavy atom. The SMILES string of the molecule is CCNC(=NCCNC(=O)C(C)(C)C)N1CCC2(CCCCC2)C1. The summed E-state index contributed by atoms with van der Waals surface area (Å²) in [5.74, 6) is 1.11. The fourth-order valence-corrected chi connectivity index (χ4v) is 3.85. The van der Waals surface area contributed by atoms with Gasteiger partial charge in [-0.15, -0.1) is 0 Å². The number of nitrogens with zero attached hydrogens (tertiary/aromatic N) is 2. The minimum Gasteiger partial charge on any atom is -0.357 e. The van der Waals surface area contributed by atoms with E-state index in [2.05, 4.69) is 22.5 Å². The maximum atomic E-state index is 11.9. The van der Waals surface area contributed by atoms with Crippen molar-refractivity contribution in [2.45, 2.75) is 66.2 Å². The lowest BCUT2D eigenvalue weighted by molar-refractivity contribution is -0.128. The summed E-state index contributed by atoms with van der Waals surface area (Å²) in [6.45, 7) is 12.3. The van der Waals surface area contributed by atoms with Crippen LogP contribution in [0.25, 0.3) is 0 Å². The van der Waals surface area contributed by atoms with E-state index in [4.69, 9.17) is 4.99 Å². The number of carbonyl (C=O) groups excluding carboxylic acids is 1. The molecule has 2 rings (SSSR count). The summed E-state index contributed by atoms with van der Waals surface area (Å²) in [6.07, 6.45) is 8.25. The molecular formula is C19H36N4O. The molecule has 1 saturated heterocycles. The molecule has 1 heterocycles. The maximum absolute atomic E-state index is 11.9. The van der Waals surface area contributed by atoms with Crippen molar-refractivity contribution in [3.05, 3.63) is 0 Å². The molecule has 0 bridgehead atoms. The number of rotatable bonds is 4. The monoisotopic (exact) mass is 336 g/mol. The third kappa shape index (κ3) is 5.12. The van der Waals surface area contributed by atoms with E-state index in [1.807, 2.05) is 20.8 Å². The van der Waals surface area contributed by atoms with E-state index in [1.165, 1.54) is 38.5 Å². The predicted octanol–water partition coefficient (Wildman–Crippen LogP) is 2.77. The molecule has 1 amide bonds. The average molecular weight is 337 g/mol. The fourth-order valence-electron chi connectivity index (χ4n) is 3.85. The van der Waals surface area contributed by atoms with Gasteiger partial charge in [-0.1, -0.05) is 40.0 Å². The summed E-state index contributed by atoms with van der Waals surface area (Å²) in [7, 11) is 0. The zero-order valence-corrected chi connectivity index (χ0v) is 16.1. The van der Waals surface area contributed by atoms with Crippen LogP contribution in [0.3, 0.4) is 0 Å². The molecular weight excluding hydrogens is 300 g/mol. The van der Waals surface area contributed by atoms with E-state index in [-0.39, 0.29) is 11.3 Å². The zero-order chi connectivity index (χ0) is 17.6. The van der Waals surface area contributed by atoms with Crippen molar-refractivity contribution >= 4 is 11.9 Å². The van der Waals surface area contributed by atoms with Gasteiger partial charge in [0, 0.05) is 31.6 Å². The van der Waals surface area contributed by atoms with Crippen molar-refractivity contribution in [2.24, 2.45) is 15.8 Å². The average Bonchev–Trinajstić information content (AvgIpc) is 2.93. The third-order valence-corrected chi connectivity index (χ3v) is 5.33. The summed E-state index contributed by atoms with van der Waals surface area (Å²) < 4.78 is 0. The van der Waals surface area contributed by atoms with Crippen LogP contribution in [0.5, 0.6) is 0 Å². The van der Waals surface area contributed by atoms with Gasteiger partial charge in [0.05, 0.1) is 6.54 Å². The molecule has 24 heavy (non-hydrogen) atoms. The molecule has 0 unspecified atom stereocenters. The first-order chi connectivity index (χ1) is 11.4. The van der Waals surface area contributed by atoms with Crippen LogP contribution in [0.1, 0.15) is 66.2 Å². The van der Waals surface area contributed by atoms with Crippen molar-refractivity contribution in [1.29, 1.82) is 0 Å². The molecule has 2 N–H and O–H groups in total. The Labute approximate surface area is 147 Å². The van der Waals surface area contributed by atoms with E-state index in [0.29, 0.717) is 18.5 Å². The second-order valence-corrected chi connectivity index (χ2v) is 8.47. The van der Waals surface area contributed by atoms with Gasteiger partial charge in [-0.25, -0.2) is 0 Å². The van der Waals surface area contributed by atoms with Crippen LogP contribution in [-0.4, -0.2) is 49.5 Å². The normalized spacial score (nSPS) is 21.2. The van der Waals surface area contributed by atoms with E-state index < -0.39 is 0 Å². The molecule has 2 fully saturated rings. The molecule has 1 aliphatic heterocycles. The van der Waals surface area contributed by atoms with Crippen LogP contribution in [0.2, 0.25) is 0 Å². The van der Waals surface area contributed by atoms with Crippen molar-refractivity contribution < 1.29 is 4.79 Å². The van der Waals surface area contributed by atoms with Gasteiger partial charge in [0.15, 0.2) is 5.96 Å². The molecule has 0 radical (unpaired) electrons. The lowest BCUT2D eigenvalue weighted by atomic mass is 9.73. The Morgan fingerprint density at radius 2 is 1.83 bits per heavy atom. The number of nitrogens with one attached hydrogen (secondary N) is 2. The first-order valence-electron chi connectivity index (χ1n) is 9.68. The number of hydrogen-bond acceptors (Lipinski definition) is 2. The van der Waals surface area contributed by atoms with Gasteiger partial charge in [-0.2, -0.15) is 0 Å². The van der Waals surface area contributed by atoms with Gasteiger partial charge >= 0.3 is 0 Å². The fraction of sp³-hybridized carbons (Fsp3) is 0.895. The highest BCUT2D eigenvalue weighted by Crippen LogP contribution is 2.43. The van der Waals surface area contributed by atoms with Gasteiger partial charge in [-0.05, 0) is 31.6 Å². The Morgan fingerprint density at radius 3 is 2.46 bits per heavy atom. The number of guanidine groups is 1. The van der Waals surface area contributed by atoms with Crippen molar-refractivity contribution in [3.8, 4) is 0 Å². The predicted molar refractivity (Wildman–Crippen MR) is 100 cm³/mol. The molecule has 1 aliphatic carbocycles. The summed E-state index contributed by atoms with van der Waals surface area (Å²) in [5, 5.41) is 6.40. The number of likely N-dealkylation sites (tertiary alicyclic amines) is 1. The van der Waals surface area contributed by atoms with Crippen molar-refractivity contribution in [3.63, 3.8) is 0 Å². The van der Waals surface area contributed by atoms with Crippen molar-refractivity contribution in [1.82, 2.24) is 15.5 Å². The highest BCUT2D eigenvalue weighted by molar-refractivity contribution is 5.81. The highest BCUT2D eigenvalue weighted by Gasteiger charge is 2.39. The van der Waals surface area contributed by atoms with Gasteiger partial charge in [0.1, 0.15) is 0 Å². The van der Waals surface area contributed by atoms with Crippen LogP contribution in [0.15, 0.2) is 4.99 Å². The van der Waals surface area contributed by atoms with E-state index >= 15 is 0 Å². The molecule has 0 aromatic heterocycles. The van der Waals surface area contributed by atoms with Gasteiger partial charge in [0.25, 0.3) is 0 Å². The molecule has 0 atom stereocenters. The van der Waals surface area contributed by atoms with Crippen LogP contribution in [-0.2, 0) is 4.79 Å². The topological polar surface area (TPSA) is 56.7 Å². The summed E-state index contributed by atoms with van der Waals surface area (Å²) in [4.78, 5) is 19.1. The molecule has 5 nitrogen and oxygen atoms in total. The van der Waals surface area contributed by atoms with Gasteiger partial charge < -0.3 is 15.5 Å². The van der Waals surface area contributed by atoms with Crippen molar-refractivity contribution in [2.75, 3.05) is 32.7 Å². The number of carbonyl (C=O) groups is 1. The molecule has 2 aliphatic rings. The number of aliphatic imine (C=N–C) groups is 1. The standard InChI is InChI=1S/C19H36N4O/c1-5-20-17(22-13-12-21-16(24)18(2,3)4)23-14-11-19(15-23)9-7-6-8-10-19/h5-15H2,1-4H3,(H,20,22)(H,21,24). The lowest BCUT2D eigenvalue weighted by Crippen LogP contribution is -2.42. The zero-order valence-electron chi connectivity index (χ0n) is 16.1. The van der Waals surface area contributed by atoms with E-state index in [0.717, 1.165) is 25.6 Å². The Bertz CT molecular complexity index is 447. The first-order valence-corrected chi connectivity index (χ1v) is 9.68. The van der Waals surface area contributed by atoms with Gasteiger partial charge in [0.2, 0.25) is 5.91 Å². The van der Waals surface area contributed by atoms with Crippen LogP contribution in [0, 0.1) is 10.8 Å². The van der Waals surface area contributed by atoms with E-state index in [1.54, 1.807) is 0 Å². The Balaban J connectivity index is 1.86. The first kappa shape index (κ1) is 19.1. The Hall–Kier alpha value is -1.26. The Kier molecular flexibility index (Phi) is 6.53. The quantitative estimate of drug-likeness (QED) is 0.471. The molecule has 1 spiro atoms. The molecule has 0 aromatic carbocycles. The van der Waals surface area contributed by atoms with Crippen LogP contribution >= 0.6 is 0 Å². The summed E-state index contributed by atoms with van der Waals surface area (Å²) in [6, 6.07) is 0. The minimum atomic E-state index is -0.337. The van der Waals surface area contributed by atoms with Crippen LogP contribution in [0.4, 0.5) is 0 Å². The smallest absolute Gasteiger partial charge is 0.225 e. The van der Waals surface area contributed by atoms with E-state index in [9.17, 15) is 4.79 Å². The molecule has 5 heteroatoms. The molecule has 138 valence electrons. The molecule has 1 saturated carbocycles. The summed E-state index contributed by atoms with van der Waals surface area (Å²) in [5.41, 5.74) is 0.200. The number of hydrogen-bond donors (Lipinski definition) is 2. The highest BCUT2D eigenvalue weighted by atomic mass is 16.2. The van der Waals surface area contributed by atoms with Gasteiger partial charge in [-0.3, -0.25) is 9.79 Å². The third-order valence-electron chi connectivity index (χ3n) is 5.33. The summed E-state index contributed by atoms with van der Waals surface area (Å²) >= 11 is 0. The second kappa shape index (κ2) is 8.21. The molecule has 0 aromatic rings. The van der Waals surface area contributed by atoms with Crippen LogP contribution < -0.4 is 10.6 Å².